The van der Waals surface area contributed by atoms with Gasteiger partial charge in [-0.25, -0.2) is 12.8 Å². The summed E-state index contributed by atoms with van der Waals surface area (Å²) in [5.74, 6) is -0.681. The first-order chi connectivity index (χ1) is 9.98. The molecule has 1 saturated heterocycles. The molecule has 4 nitrogen and oxygen atoms in total. The predicted molar refractivity (Wildman–Crippen MR) is 79.3 cm³/mol. The van der Waals surface area contributed by atoms with Gasteiger partial charge in [-0.2, -0.15) is 4.31 Å². The molecule has 2 fully saturated rings. The number of rotatable bonds is 5. The summed E-state index contributed by atoms with van der Waals surface area (Å²) in [4.78, 5) is -0.301. The van der Waals surface area contributed by atoms with E-state index < -0.39 is 15.8 Å². The second-order valence-corrected chi connectivity index (χ2v) is 7.99. The van der Waals surface area contributed by atoms with E-state index in [1.807, 2.05) is 0 Å². The third kappa shape index (κ3) is 3.23. The van der Waals surface area contributed by atoms with Crippen LogP contribution >= 0.6 is 11.6 Å². The lowest BCUT2D eigenvalue weighted by Gasteiger charge is -2.17. The first-order valence-electron chi connectivity index (χ1n) is 7.20. The Morgan fingerprint density at radius 1 is 1.29 bits per heavy atom. The lowest BCUT2D eigenvalue weighted by molar-refractivity contribution is 0.467. The largest absolute Gasteiger partial charge is 0.310 e. The number of hydrogen-bond acceptors (Lipinski definition) is 3. The number of benzene rings is 1. The molecule has 0 amide bonds. The third-order valence-corrected chi connectivity index (χ3v) is 6.04. The third-order valence-electron chi connectivity index (χ3n) is 3.92. The quantitative estimate of drug-likeness (QED) is 0.901. The zero-order chi connectivity index (χ0) is 15.0. The number of sulfonamides is 1. The summed E-state index contributed by atoms with van der Waals surface area (Å²) >= 11 is 5.99. The number of halogens is 2. The molecule has 0 aromatic heterocycles. The van der Waals surface area contributed by atoms with Crippen LogP contribution in [-0.4, -0.2) is 31.9 Å². The summed E-state index contributed by atoms with van der Waals surface area (Å²) in [6, 6.07) is 3.13. The molecule has 116 valence electrons. The van der Waals surface area contributed by atoms with Crippen molar-refractivity contribution in [3.8, 4) is 0 Å². The summed E-state index contributed by atoms with van der Waals surface area (Å²) in [5.41, 5.74) is 0.312. The topological polar surface area (TPSA) is 49.4 Å². The van der Waals surface area contributed by atoms with Crippen molar-refractivity contribution in [2.75, 3.05) is 13.1 Å². The molecule has 0 bridgehead atoms. The van der Waals surface area contributed by atoms with Gasteiger partial charge in [0.05, 0.1) is 0 Å². The Balaban J connectivity index is 1.93. The summed E-state index contributed by atoms with van der Waals surface area (Å²) in [5, 5.41) is 3.43. The lowest BCUT2D eigenvalue weighted by atomic mass is 10.2. The van der Waals surface area contributed by atoms with Crippen LogP contribution in [0.2, 0.25) is 5.02 Å². The molecule has 0 unspecified atom stereocenters. The van der Waals surface area contributed by atoms with Crippen molar-refractivity contribution in [1.29, 1.82) is 0 Å². The van der Waals surface area contributed by atoms with Gasteiger partial charge in [-0.3, -0.25) is 0 Å². The second-order valence-electron chi connectivity index (χ2n) is 5.64. The van der Waals surface area contributed by atoms with Gasteiger partial charge < -0.3 is 5.32 Å². The van der Waals surface area contributed by atoms with Gasteiger partial charge in [-0.15, -0.1) is 0 Å². The van der Waals surface area contributed by atoms with E-state index in [0.717, 1.165) is 25.7 Å². The van der Waals surface area contributed by atoms with E-state index in [1.165, 1.54) is 16.4 Å². The minimum absolute atomic E-state index is 0.252. The maximum atomic E-state index is 14.6. The molecule has 1 aromatic rings. The van der Waals surface area contributed by atoms with Gasteiger partial charge in [-0.1, -0.05) is 11.6 Å². The predicted octanol–water partition coefficient (Wildman–Crippen LogP) is 2.52. The van der Waals surface area contributed by atoms with Gasteiger partial charge in [0, 0.05) is 36.3 Å². The van der Waals surface area contributed by atoms with Crippen LogP contribution in [0, 0.1) is 5.82 Å². The van der Waals surface area contributed by atoms with Crippen LogP contribution in [0.3, 0.4) is 0 Å². The van der Waals surface area contributed by atoms with Gasteiger partial charge in [-0.05, 0) is 37.8 Å². The van der Waals surface area contributed by atoms with E-state index in [1.54, 1.807) is 0 Å². The molecule has 1 saturated carbocycles. The Morgan fingerprint density at radius 2 is 1.95 bits per heavy atom. The van der Waals surface area contributed by atoms with Crippen LogP contribution in [0.5, 0.6) is 0 Å². The zero-order valence-corrected chi connectivity index (χ0v) is 13.2. The minimum Gasteiger partial charge on any atom is -0.310 e. The van der Waals surface area contributed by atoms with Crippen molar-refractivity contribution in [2.45, 2.75) is 43.2 Å². The summed E-state index contributed by atoms with van der Waals surface area (Å²) in [6.07, 6.45) is 3.80. The molecule has 0 radical (unpaired) electrons. The van der Waals surface area contributed by atoms with E-state index in [-0.39, 0.29) is 9.92 Å². The molecule has 7 heteroatoms. The normalized spacial score (nSPS) is 20.1. The molecule has 21 heavy (non-hydrogen) atoms. The Kier molecular flexibility index (Phi) is 4.23. The van der Waals surface area contributed by atoms with Gasteiger partial charge in [0.2, 0.25) is 10.0 Å². The number of hydrogen-bond donors (Lipinski definition) is 1. The fourth-order valence-electron chi connectivity index (χ4n) is 2.54. The monoisotopic (exact) mass is 332 g/mol. The lowest BCUT2D eigenvalue weighted by Crippen LogP contribution is -2.29. The van der Waals surface area contributed by atoms with Gasteiger partial charge in [0.25, 0.3) is 0 Å². The molecule has 1 heterocycles. The molecular weight excluding hydrogens is 315 g/mol. The number of nitrogens with one attached hydrogen (secondary N) is 1. The van der Waals surface area contributed by atoms with Crippen molar-refractivity contribution in [1.82, 2.24) is 9.62 Å². The van der Waals surface area contributed by atoms with Crippen LogP contribution in [0.1, 0.15) is 31.2 Å². The van der Waals surface area contributed by atoms with E-state index in [9.17, 15) is 12.8 Å². The Labute approximate surface area is 129 Å². The first-order valence-corrected chi connectivity index (χ1v) is 9.02. The fraction of sp³-hybridized carbons (Fsp3) is 0.571. The highest BCUT2D eigenvalue weighted by atomic mass is 35.5. The van der Waals surface area contributed by atoms with E-state index in [4.69, 9.17) is 11.6 Å². The molecule has 0 spiro atoms. The summed E-state index contributed by atoms with van der Waals surface area (Å²) in [7, 11) is -3.79. The molecule has 1 aliphatic heterocycles. The fourth-order valence-corrected chi connectivity index (χ4v) is 4.50. The van der Waals surface area contributed by atoms with Crippen LogP contribution in [0.15, 0.2) is 17.0 Å². The highest BCUT2D eigenvalue weighted by Crippen LogP contribution is 2.29. The summed E-state index contributed by atoms with van der Waals surface area (Å²) < 4.78 is 40.9. The van der Waals surface area contributed by atoms with E-state index in [0.29, 0.717) is 31.2 Å². The van der Waals surface area contributed by atoms with Crippen molar-refractivity contribution >= 4 is 21.6 Å². The highest BCUT2D eigenvalue weighted by Gasteiger charge is 2.31. The number of nitrogens with zero attached hydrogens (tertiary/aromatic N) is 1. The highest BCUT2D eigenvalue weighted by molar-refractivity contribution is 7.89. The molecule has 1 aromatic carbocycles. The van der Waals surface area contributed by atoms with Gasteiger partial charge >= 0.3 is 0 Å². The van der Waals surface area contributed by atoms with Gasteiger partial charge in [0.1, 0.15) is 10.7 Å². The maximum Gasteiger partial charge on any atom is 0.246 e. The average Bonchev–Trinajstić information content (AvgIpc) is 3.09. The van der Waals surface area contributed by atoms with Crippen LogP contribution in [0.4, 0.5) is 4.39 Å². The molecule has 1 aliphatic carbocycles. The molecular formula is C14H18ClFN2O2S. The minimum atomic E-state index is -3.79. The zero-order valence-electron chi connectivity index (χ0n) is 11.6. The van der Waals surface area contributed by atoms with Gasteiger partial charge in [0.15, 0.2) is 0 Å². The maximum absolute atomic E-state index is 14.6. The van der Waals surface area contributed by atoms with Crippen LogP contribution in [-0.2, 0) is 16.6 Å². The van der Waals surface area contributed by atoms with Crippen molar-refractivity contribution in [2.24, 2.45) is 0 Å². The van der Waals surface area contributed by atoms with Crippen molar-refractivity contribution < 1.29 is 12.8 Å². The van der Waals surface area contributed by atoms with Crippen LogP contribution < -0.4 is 5.32 Å². The Bertz CT molecular complexity index is 641. The SMILES string of the molecule is O=S(=O)(c1cc(Cl)cc(CNC2CC2)c1F)N1CCCC1. The van der Waals surface area contributed by atoms with Crippen molar-refractivity contribution in [3.05, 3.63) is 28.5 Å². The Hall–Kier alpha value is -0.690. The molecule has 3 rings (SSSR count). The average molecular weight is 333 g/mol. The standard InChI is InChI=1S/C14H18ClFN2O2S/c15-11-7-10(9-17-12-3-4-12)14(16)13(8-11)21(19,20)18-5-1-2-6-18/h7-8,12,17H,1-6,9H2. The smallest absolute Gasteiger partial charge is 0.246 e. The summed E-state index contributed by atoms with van der Waals surface area (Å²) in [6.45, 7) is 1.20. The first kappa shape index (κ1) is 15.2. The van der Waals surface area contributed by atoms with Crippen molar-refractivity contribution in [3.63, 3.8) is 0 Å². The molecule has 2 aliphatic rings. The molecule has 0 atom stereocenters. The second kappa shape index (κ2) is 5.83. The van der Waals surface area contributed by atoms with E-state index >= 15 is 0 Å². The Morgan fingerprint density at radius 3 is 2.57 bits per heavy atom. The molecule has 1 N–H and O–H groups in total. The van der Waals surface area contributed by atoms with E-state index in [2.05, 4.69) is 5.32 Å². The van der Waals surface area contributed by atoms with Crippen LogP contribution in [0.25, 0.3) is 0 Å².